The molecule has 0 spiro atoms. The fourth-order valence-corrected chi connectivity index (χ4v) is 7.52. The molecule has 5 nitrogen and oxygen atoms in total. The summed E-state index contributed by atoms with van der Waals surface area (Å²) in [5, 5.41) is 0. The monoisotopic (exact) mass is 474 g/mol. The van der Waals surface area contributed by atoms with Gasteiger partial charge in [-0.2, -0.15) is 0 Å². The maximum Gasteiger partial charge on any atom is 0.305 e. The molecule has 34 heavy (non-hydrogen) atoms. The molecule has 3 saturated carbocycles. The minimum absolute atomic E-state index is 0.0279. The van der Waals surface area contributed by atoms with Crippen LogP contribution in [0.5, 0.6) is 0 Å². The highest BCUT2D eigenvalue weighted by molar-refractivity contribution is 6.02. The number of hydrogen-bond donors (Lipinski definition) is 0. The number of carbonyl (C=O) groups excluding carboxylic acids is 4. The summed E-state index contributed by atoms with van der Waals surface area (Å²) in [5.41, 5.74) is -2.73. The van der Waals surface area contributed by atoms with Crippen LogP contribution in [0.1, 0.15) is 79.6 Å². The van der Waals surface area contributed by atoms with Crippen LogP contribution >= 0.6 is 0 Å². The van der Waals surface area contributed by atoms with Crippen molar-refractivity contribution in [2.75, 3.05) is 7.11 Å². The number of ketones is 3. The van der Waals surface area contributed by atoms with Crippen LogP contribution in [0.3, 0.4) is 0 Å². The topological polar surface area (TPSA) is 77.5 Å². The number of carbonyl (C=O) groups is 4. The zero-order chi connectivity index (χ0) is 25.5. The second-order valence-electron chi connectivity index (χ2n) is 11.0. The van der Waals surface area contributed by atoms with Crippen molar-refractivity contribution < 1.29 is 28.3 Å². The molecule has 188 valence electrons. The number of hydrogen-bond acceptors (Lipinski definition) is 5. The fraction of sp³-hybridized carbons (Fsp3) is 0.714. The van der Waals surface area contributed by atoms with E-state index in [0.717, 1.165) is 18.4 Å². The third-order valence-electron chi connectivity index (χ3n) is 9.12. The average molecular weight is 475 g/mol. The van der Waals surface area contributed by atoms with Gasteiger partial charge in [0, 0.05) is 36.5 Å². The summed E-state index contributed by atoms with van der Waals surface area (Å²) >= 11 is 0. The molecule has 4 aliphatic rings. The summed E-state index contributed by atoms with van der Waals surface area (Å²) in [6.07, 6.45) is 8.58. The molecular formula is C28H39FO5. The molecule has 0 aromatic rings. The van der Waals surface area contributed by atoms with Crippen molar-refractivity contribution in [2.24, 2.45) is 34.5 Å². The van der Waals surface area contributed by atoms with Gasteiger partial charge in [0.05, 0.1) is 7.11 Å². The van der Waals surface area contributed by atoms with Crippen LogP contribution in [0.25, 0.3) is 0 Å². The number of halogens is 1. The Bertz CT molecular complexity index is 935. The van der Waals surface area contributed by atoms with Crippen LogP contribution in [0, 0.1) is 34.5 Å². The highest BCUT2D eigenvalue weighted by Gasteiger charge is 2.71. The molecule has 0 aromatic heterocycles. The molecule has 0 aliphatic heterocycles. The van der Waals surface area contributed by atoms with Gasteiger partial charge in [-0.25, -0.2) is 4.39 Å². The number of ether oxygens (including phenoxy) is 1. The minimum atomic E-state index is -1.98. The second-order valence-corrected chi connectivity index (χ2v) is 11.0. The van der Waals surface area contributed by atoms with Crippen molar-refractivity contribution in [2.45, 2.75) is 85.2 Å². The molecule has 0 N–H and O–H groups in total. The van der Waals surface area contributed by atoms with Gasteiger partial charge in [-0.1, -0.05) is 39.3 Å². The first-order chi connectivity index (χ1) is 15.9. The molecule has 0 heterocycles. The van der Waals surface area contributed by atoms with Gasteiger partial charge in [-0.3, -0.25) is 19.2 Å². The first-order valence-electron chi connectivity index (χ1n) is 12.7. The zero-order valence-electron chi connectivity index (χ0n) is 21.4. The molecule has 7 unspecified atom stereocenters. The Morgan fingerprint density at radius 3 is 2.41 bits per heavy atom. The highest BCUT2D eigenvalue weighted by Crippen LogP contribution is 2.68. The average Bonchev–Trinajstić information content (AvgIpc) is 3.05. The highest BCUT2D eigenvalue weighted by atomic mass is 19.1. The largest absolute Gasteiger partial charge is 0.469 e. The van der Waals surface area contributed by atoms with Gasteiger partial charge in [0.25, 0.3) is 0 Å². The lowest BCUT2D eigenvalue weighted by molar-refractivity contribution is -0.167. The predicted octanol–water partition coefficient (Wildman–Crippen LogP) is 5.37. The Hall–Kier alpha value is -2.11. The Morgan fingerprint density at radius 1 is 1.18 bits per heavy atom. The van der Waals surface area contributed by atoms with E-state index in [2.05, 4.69) is 11.7 Å². The lowest BCUT2D eigenvalue weighted by Gasteiger charge is -2.58. The van der Waals surface area contributed by atoms with Crippen LogP contribution in [0.2, 0.25) is 0 Å². The maximum absolute atomic E-state index is 16.8. The normalized spacial score (nSPS) is 40.3. The number of fused-ring (bicyclic) bond motifs is 5. The SMILES string of the molecule is CCC(=O)C1C(C)CC2C3CCC4=CC(=O)C=CC4(C)C3(F)C(=O)CC21C.CCCC(=O)OC. The van der Waals surface area contributed by atoms with E-state index in [9.17, 15) is 19.2 Å². The second kappa shape index (κ2) is 9.50. The van der Waals surface area contributed by atoms with Gasteiger partial charge in [0.15, 0.2) is 17.2 Å². The van der Waals surface area contributed by atoms with Crippen molar-refractivity contribution in [3.05, 3.63) is 23.8 Å². The van der Waals surface area contributed by atoms with Crippen LogP contribution in [0.15, 0.2) is 23.8 Å². The van der Waals surface area contributed by atoms with Gasteiger partial charge in [-0.15, -0.1) is 0 Å². The molecule has 6 heteroatoms. The smallest absolute Gasteiger partial charge is 0.305 e. The van der Waals surface area contributed by atoms with Crippen LogP contribution in [-0.2, 0) is 23.9 Å². The van der Waals surface area contributed by atoms with Gasteiger partial charge in [0.2, 0.25) is 0 Å². The third-order valence-corrected chi connectivity index (χ3v) is 9.12. The summed E-state index contributed by atoms with van der Waals surface area (Å²) in [6.45, 7) is 9.73. The number of Topliss-reactive ketones (excluding diaryl/α,β-unsaturated/α-hetero) is 2. The number of esters is 1. The van der Waals surface area contributed by atoms with Crippen molar-refractivity contribution in [1.82, 2.24) is 0 Å². The van der Waals surface area contributed by atoms with E-state index in [-0.39, 0.29) is 53.4 Å². The quantitative estimate of drug-likeness (QED) is 0.512. The van der Waals surface area contributed by atoms with Crippen molar-refractivity contribution in [3.63, 3.8) is 0 Å². The van der Waals surface area contributed by atoms with E-state index in [1.54, 1.807) is 13.0 Å². The molecule has 0 bridgehead atoms. The van der Waals surface area contributed by atoms with Crippen molar-refractivity contribution in [3.8, 4) is 0 Å². The van der Waals surface area contributed by atoms with Gasteiger partial charge in [-0.05, 0) is 62.0 Å². The van der Waals surface area contributed by atoms with Gasteiger partial charge < -0.3 is 4.74 Å². The molecule has 7 atom stereocenters. The molecule has 4 aliphatic carbocycles. The van der Waals surface area contributed by atoms with E-state index < -0.39 is 16.5 Å². The summed E-state index contributed by atoms with van der Waals surface area (Å²) in [5.74, 6) is -0.756. The molecule has 0 amide bonds. The van der Waals surface area contributed by atoms with E-state index in [1.165, 1.54) is 19.3 Å². The van der Waals surface area contributed by atoms with Crippen LogP contribution in [-0.4, -0.2) is 36.1 Å². The fourth-order valence-electron chi connectivity index (χ4n) is 7.52. The lowest BCUT2D eigenvalue weighted by Crippen LogP contribution is -2.65. The summed E-state index contributed by atoms with van der Waals surface area (Å²) < 4.78 is 21.1. The molecule has 0 radical (unpaired) electrons. The summed E-state index contributed by atoms with van der Waals surface area (Å²) in [4.78, 5) is 48.1. The first-order valence-corrected chi connectivity index (χ1v) is 12.7. The Balaban J connectivity index is 0.000000406. The summed E-state index contributed by atoms with van der Waals surface area (Å²) in [7, 11) is 1.40. The number of rotatable bonds is 4. The molecule has 4 rings (SSSR count). The Kier molecular flexibility index (Phi) is 7.40. The number of alkyl halides is 1. The maximum atomic E-state index is 16.8. The van der Waals surface area contributed by atoms with Crippen molar-refractivity contribution >= 4 is 23.3 Å². The molecule has 0 aromatic carbocycles. The predicted molar refractivity (Wildman–Crippen MR) is 128 cm³/mol. The molecule has 3 fully saturated rings. The standard InChI is InChI=1S/C23H29FO3.C5H10O2/c1-5-18(26)20-13(2)10-17-16-7-6-14-11-15(25)8-9-22(14,4)23(16,24)19(27)12-21(17,20)3;1-3-4-5(6)7-2/h8-9,11,13,16-17,20H,5-7,10,12H2,1-4H3;3-4H2,1-2H3. The zero-order valence-corrected chi connectivity index (χ0v) is 21.4. The van der Waals surface area contributed by atoms with Gasteiger partial charge in [0.1, 0.15) is 5.78 Å². The minimum Gasteiger partial charge on any atom is -0.469 e. The van der Waals surface area contributed by atoms with Crippen molar-refractivity contribution in [1.29, 1.82) is 0 Å². The van der Waals surface area contributed by atoms with Crippen LogP contribution in [0.4, 0.5) is 4.39 Å². The lowest BCUT2D eigenvalue weighted by atomic mass is 9.45. The van der Waals surface area contributed by atoms with Crippen LogP contribution < -0.4 is 0 Å². The Labute approximate surface area is 202 Å². The number of allylic oxidation sites excluding steroid dienone is 4. The van der Waals surface area contributed by atoms with E-state index in [1.807, 2.05) is 20.8 Å². The summed E-state index contributed by atoms with van der Waals surface area (Å²) in [6, 6.07) is 0. The van der Waals surface area contributed by atoms with E-state index in [4.69, 9.17) is 0 Å². The van der Waals surface area contributed by atoms with Gasteiger partial charge >= 0.3 is 5.97 Å². The Morgan fingerprint density at radius 2 is 1.85 bits per heavy atom. The first kappa shape index (κ1) is 26.5. The van der Waals surface area contributed by atoms with E-state index in [0.29, 0.717) is 25.7 Å². The van der Waals surface area contributed by atoms with E-state index >= 15 is 4.39 Å². The molecule has 0 saturated heterocycles. The third kappa shape index (κ3) is 3.91. The number of methoxy groups -OCH3 is 1. The molecular weight excluding hydrogens is 435 g/mol.